The van der Waals surface area contributed by atoms with Crippen LogP contribution >= 0.6 is 43.2 Å². The van der Waals surface area contributed by atoms with Crippen molar-refractivity contribution < 1.29 is 39.8 Å². The Labute approximate surface area is 464 Å². The average Bonchev–Trinajstić information content (AvgIpc) is 3.63. The number of fused-ring (bicyclic) bond motifs is 12. The molecule has 2 saturated heterocycles. The lowest BCUT2D eigenvalue weighted by atomic mass is 9.68. The molecule has 13 rings (SSSR count). The van der Waals surface area contributed by atoms with Crippen molar-refractivity contribution in [2.24, 2.45) is 11.8 Å². The molecule has 0 saturated carbocycles. The fraction of sp³-hybridized carbons (Fsp3) is 0.413. The molecular weight excluding hydrogens is 1040 g/mol. The highest BCUT2D eigenvalue weighted by Crippen LogP contribution is 2.61. The molecule has 6 aliphatic rings. The van der Waals surface area contributed by atoms with E-state index < -0.39 is 35.4 Å². The van der Waals surface area contributed by atoms with Crippen molar-refractivity contribution >= 4 is 64.9 Å². The molecule has 2 fully saturated rings. The number of aromatic hydroxyl groups is 3. The molecule has 0 amide bonds. The second-order valence-electron chi connectivity index (χ2n) is 22.8. The van der Waals surface area contributed by atoms with Gasteiger partial charge in [0, 0.05) is 58.9 Å². The Morgan fingerprint density at radius 3 is 2.52 bits per heavy atom. The van der Waals surface area contributed by atoms with Gasteiger partial charge in [0.2, 0.25) is 11.2 Å². The van der Waals surface area contributed by atoms with E-state index in [1.54, 1.807) is 32.4 Å². The van der Waals surface area contributed by atoms with Gasteiger partial charge in [-0.2, -0.15) is 0 Å². The number of ether oxygens (including phenoxy) is 1. The Hall–Kier alpha value is -4.77. The third-order valence-electron chi connectivity index (χ3n) is 17.5. The molecule has 5 bridgehead atoms. The van der Waals surface area contributed by atoms with Crippen molar-refractivity contribution in [3.05, 3.63) is 151 Å². The van der Waals surface area contributed by atoms with E-state index in [0.29, 0.717) is 66.0 Å². The van der Waals surface area contributed by atoms with Crippen molar-refractivity contribution in [2.75, 3.05) is 18.9 Å². The second kappa shape index (κ2) is 21.0. The third kappa shape index (κ3) is 9.14. The van der Waals surface area contributed by atoms with E-state index >= 15 is 4.79 Å². The van der Waals surface area contributed by atoms with Gasteiger partial charge in [-0.3, -0.25) is 4.79 Å². The molecule has 4 aliphatic heterocycles. The average molecular weight is 1110 g/mol. The summed E-state index contributed by atoms with van der Waals surface area (Å²) >= 11 is 0. The Morgan fingerprint density at radius 2 is 1.69 bits per heavy atom. The van der Waals surface area contributed by atoms with Gasteiger partial charge < -0.3 is 45.1 Å². The first-order chi connectivity index (χ1) is 37.4. The number of hydrogen-bond donors (Lipinski definition) is 7. The number of aliphatic hydroxyl groups excluding tert-OH is 3. The lowest BCUT2D eigenvalue weighted by Gasteiger charge is -2.42. The van der Waals surface area contributed by atoms with Gasteiger partial charge in [0.05, 0.1) is 23.0 Å². The molecule has 7 aromatic rings. The van der Waals surface area contributed by atoms with Gasteiger partial charge in [-0.05, 0) is 161 Å². The van der Waals surface area contributed by atoms with Crippen LogP contribution in [0.5, 0.6) is 23.0 Å². The topological polar surface area (TPSA) is 173 Å². The Morgan fingerprint density at radius 1 is 0.831 bits per heavy atom. The zero-order valence-electron chi connectivity index (χ0n) is 43.3. The highest BCUT2D eigenvalue weighted by molar-refractivity contribution is 8.77. The molecule has 9 unspecified atom stereocenters. The molecule has 7 N–H and O–H groups in total. The molecule has 10 nitrogen and oxygen atoms in total. The summed E-state index contributed by atoms with van der Waals surface area (Å²) in [5.74, 6) is 0.637. The zero-order chi connectivity index (χ0) is 52.8. The van der Waals surface area contributed by atoms with Crippen LogP contribution in [0.1, 0.15) is 131 Å². The van der Waals surface area contributed by atoms with Gasteiger partial charge in [0.1, 0.15) is 34.3 Å². The fourth-order valence-corrected chi connectivity index (χ4v) is 19.8. The summed E-state index contributed by atoms with van der Waals surface area (Å²) in [6.45, 7) is 5.10. The minimum absolute atomic E-state index is 0.00587. The number of rotatable bonds is 7. The van der Waals surface area contributed by atoms with Crippen LogP contribution in [0.2, 0.25) is 0 Å². The summed E-state index contributed by atoms with van der Waals surface area (Å²) in [7, 11) is 6.92. The van der Waals surface area contributed by atoms with Crippen LogP contribution in [-0.2, 0) is 31.4 Å². The molecule has 6 aromatic carbocycles. The number of nitrogens with one attached hydrogen (secondary N) is 1. The smallest absolute Gasteiger partial charge is 0.238 e. The quantitative estimate of drug-likeness (QED) is 0.0752. The van der Waals surface area contributed by atoms with E-state index in [2.05, 4.69) is 92.0 Å². The monoisotopic (exact) mass is 1110 g/mol. The van der Waals surface area contributed by atoms with Crippen molar-refractivity contribution in [3.8, 4) is 45.4 Å². The number of aliphatic hydroxyl groups is 3. The van der Waals surface area contributed by atoms with Crippen LogP contribution in [0.3, 0.4) is 0 Å². The third-order valence-corrected chi connectivity index (χ3v) is 23.1. The summed E-state index contributed by atoms with van der Waals surface area (Å²) in [5.41, 5.74) is 10.5. The minimum Gasteiger partial charge on any atom is -0.507 e. The van der Waals surface area contributed by atoms with Gasteiger partial charge in [-0.25, -0.2) is 0 Å². The first-order valence-electron chi connectivity index (χ1n) is 27.6. The normalized spacial score (nSPS) is 25.7. The van der Waals surface area contributed by atoms with E-state index in [4.69, 9.17) is 9.15 Å². The van der Waals surface area contributed by atoms with Crippen LogP contribution < -0.4 is 15.5 Å². The summed E-state index contributed by atoms with van der Waals surface area (Å²) in [4.78, 5) is 15.6. The maximum Gasteiger partial charge on any atom is 0.238 e. The summed E-state index contributed by atoms with van der Waals surface area (Å²) < 4.78 is 13.9. The number of hydrogen-bond acceptors (Lipinski definition) is 14. The molecule has 400 valence electrons. The van der Waals surface area contributed by atoms with Crippen LogP contribution in [0.4, 0.5) is 0 Å². The molecule has 77 heavy (non-hydrogen) atoms. The van der Waals surface area contributed by atoms with Crippen molar-refractivity contribution in [3.63, 3.8) is 0 Å². The molecule has 2 aliphatic carbocycles. The van der Waals surface area contributed by atoms with Crippen LogP contribution in [0, 0.1) is 11.8 Å². The summed E-state index contributed by atoms with van der Waals surface area (Å²) in [6, 6.07) is 29.2. The number of phenolic OH excluding ortho intramolecular Hbond substituents is 2. The zero-order valence-corrected chi connectivity index (χ0v) is 46.6. The van der Waals surface area contributed by atoms with Crippen LogP contribution in [0.25, 0.3) is 44.2 Å². The number of benzene rings is 6. The Bertz CT molecular complexity index is 3510. The maximum atomic E-state index is 15.6. The highest BCUT2D eigenvalue weighted by atomic mass is 33.1. The Kier molecular flexibility index (Phi) is 14.1. The largest absolute Gasteiger partial charge is 0.507 e. The molecule has 9 atom stereocenters. The second-order valence-corrected chi connectivity index (χ2v) is 28.1. The van der Waals surface area contributed by atoms with E-state index in [-0.39, 0.29) is 80.9 Å². The molecule has 0 radical (unpaired) electrons. The van der Waals surface area contributed by atoms with E-state index in [9.17, 15) is 30.6 Å². The first-order valence-corrected chi connectivity index (χ1v) is 32.3. The predicted molar refractivity (Wildman–Crippen MR) is 314 cm³/mol. The Balaban J connectivity index is 0.999. The summed E-state index contributed by atoms with van der Waals surface area (Å²) in [5, 5.41) is 78.9. The molecule has 14 heteroatoms. The number of phenols is 2. The van der Waals surface area contributed by atoms with Gasteiger partial charge >= 0.3 is 0 Å². The predicted octanol–water partition coefficient (Wildman–Crippen LogP) is 12.9. The lowest BCUT2D eigenvalue weighted by molar-refractivity contribution is 0.00975. The van der Waals surface area contributed by atoms with Crippen molar-refractivity contribution in [1.82, 2.24) is 5.32 Å². The van der Waals surface area contributed by atoms with Crippen LogP contribution in [0.15, 0.2) is 94.1 Å². The van der Waals surface area contributed by atoms with Gasteiger partial charge in [-0.1, -0.05) is 124 Å². The summed E-state index contributed by atoms with van der Waals surface area (Å²) in [6.07, 6.45) is 3.76. The lowest BCUT2D eigenvalue weighted by Crippen LogP contribution is -2.41. The number of aryl methyl sites for hydroxylation is 1. The van der Waals surface area contributed by atoms with Gasteiger partial charge in [-0.15, -0.1) is 0 Å². The van der Waals surface area contributed by atoms with Crippen molar-refractivity contribution in [1.29, 1.82) is 0 Å². The molecular formula is C63H65NO9S4. The van der Waals surface area contributed by atoms with E-state index in [1.807, 2.05) is 16.9 Å². The molecule has 0 spiro atoms. The van der Waals surface area contributed by atoms with Crippen LogP contribution in [-0.4, -0.2) is 73.1 Å². The van der Waals surface area contributed by atoms with E-state index in [1.165, 1.54) is 22.8 Å². The molecule has 5 heterocycles. The first kappa shape index (κ1) is 51.7. The SMILES string of the molecule is CC(C)Cc1cc(-c2oc3cc(O)c4c(c3c(=O)c2O)OC2CC3c5c-4cc4c6c(ccc(c56)C(SSCCCC2O)C3O)CCC4CCO)c2c(c1O)Cc1cccc(c1)C1NCC(Cc3ccccc3)CC1SSC2. The fourth-order valence-electron chi connectivity index (χ4n) is 13.9. The maximum absolute atomic E-state index is 15.6. The highest BCUT2D eigenvalue weighted by Gasteiger charge is 2.46. The number of piperidine rings is 1. The van der Waals surface area contributed by atoms with E-state index in [0.717, 1.165) is 76.6 Å². The standard InChI is InChI=1S/C63H65NO9S4/c1-31(2)20-38-25-42(45-30-75-76-50-24-34(21-32-8-4-3-5-9-32)29-64-56(50)37-11-6-10-33(22-37)23-41(45)57(38)68)61-60(71)59(70)55-49(73-61)28-47(67)53-43-26-40-35(17-18-65)13-14-36-15-16-39-54(51(36)40)52(43)44-27-48(72-62(53)55)46(66)12-7-19-74-77-63(39)58(44)69/h3-6,8-11,15-16,22,25-26,28,31,34-35,44,46,48,50,56,58,63-69,71H,7,12-14,17-21,23-24,27,29-30H2,1-2H3. The minimum atomic E-state index is -0.981. The van der Waals surface area contributed by atoms with Gasteiger partial charge in [0.15, 0.2) is 5.76 Å². The van der Waals surface area contributed by atoms with Gasteiger partial charge in [0.25, 0.3) is 0 Å². The molecule has 1 aromatic heterocycles. The van der Waals surface area contributed by atoms with Crippen molar-refractivity contribution in [2.45, 2.75) is 130 Å².